The first-order valence-corrected chi connectivity index (χ1v) is 8.95. The molecule has 0 aromatic heterocycles. The molecule has 0 unspecified atom stereocenters. The molecule has 0 radical (unpaired) electrons. The van der Waals surface area contributed by atoms with Crippen LogP contribution in [0.2, 0.25) is 0 Å². The van der Waals surface area contributed by atoms with Gasteiger partial charge in [0, 0.05) is 26.4 Å². The van der Waals surface area contributed by atoms with E-state index in [0.29, 0.717) is 10.8 Å². The Balaban J connectivity index is 2.45. The minimum atomic E-state index is -3.12. The highest BCUT2D eigenvalue weighted by Crippen LogP contribution is 2.10. The molecule has 0 aliphatic heterocycles. The highest BCUT2D eigenvalue weighted by Gasteiger charge is 2.06. The van der Waals surface area contributed by atoms with Crippen molar-refractivity contribution in [2.24, 2.45) is 10.9 Å². The van der Waals surface area contributed by atoms with E-state index in [2.05, 4.69) is 29.5 Å². The van der Waals surface area contributed by atoms with E-state index >= 15 is 0 Å². The fourth-order valence-electron chi connectivity index (χ4n) is 1.75. The Hall–Kier alpha value is -1.56. The van der Waals surface area contributed by atoms with Gasteiger partial charge in [-0.2, -0.15) is 0 Å². The van der Waals surface area contributed by atoms with Gasteiger partial charge in [-0.1, -0.05) is 26.0 Å². The summed E-state index contributed by atoms with van der Waals surface area (Å²) in [6.07, 6.45) is 2.03. The van der Waals surface area contributed by atoms with Gasteiger partial charge >= 0.3 is 0 Å². The van der Waals surface area contributed by atoms with Crippen molar-refractivity contribution in [1.82, 2.24) is 10.6 Å². The van der Waals surface area contributed by atoms with Crippen molar-refractivity contribution in [2.45, 2.75) is 25.2 Å². The maximum absolute atomic E-state index is 11.4. The number of sulfone groups is 1. The van der Waals surface area contributed by atoms with Crippen molar-refractivity contribution in [3.05, 3.63) is 29.8 Å². The lowest BCUT2D eigenvalue weighted by Gasteiger charge is -2.13. The average Bonchev–Trinajstić information content (AvgIpc) is 2.42. The number of benzene rings is 1. The van der Waals surface area contributed by atoms with Crippen molar-refractivity contribution in [1.29, 1.82) is 0 Å². The van der Waals surface area contributed by atoms with E-state index < -0.39 is 9.84 Å². The SMILES string of the molecule is CN=C(NCCc1ccc(S(C)(=O)=O)cc1)NCC(C)C. The molecule has 1 aromatic rings. The summed E-state index contributed by atoms with van der Waals surface area (Å²) < 4.78 is 22.8. The lowest BCUT2D eigenvalue weighted by atomic mass is 10.1. The Kier molecular flexibility index (Phi) is 6.68. The number of hydrogen-bond acceptors (Lipinski definition) is 3. The van der Waals surface area contributed by atoms with Gasteiger partial charge in [0.15, 0.2) is 15.8 Å². The van der Waals surface area contributed by atoms with Crippen LogP contribution in [0.4, 0.5) is 0 Å². The molecule has 0 saturated heterocycles. The zero-order valence-corrected chi connectivity index (χ0v) is 14.0. The lowest BCUT2D eigenvalue weighted by Crippen LogP contribution is -2.39. The van der Waals surface area contributed by atoms with Gasteiger partial charge in [0.25, 0.3) is 0 Å². The Bertz CT molecular complexity index is 563. The van der Waals surface area contributed by atoms with E-state index in [9.17, 15) is 8.42 Å². The number of hydrogen-bond donors (Lipinski definition) is 2. The Morgan fingerprint density at radius 3 is 2.29 bits per heavy atom. The Morgan fingerprint density at radius 2 is 1.81 bits per heavy atom. The van der Waals surface area contributed by atoms with Gasteiger partial charge in [-0.15, -0.1) is 0 Å². The minimum absolute atomic E-state index is 0.355. The monoisotopic (exact) mass is 311 g/mol. The van der Waals surface area contributed by atoms with Gasteiger partial charge in [0.05, 0.1) is 4.90 Å². The van der Waals surface area contributed by atoms with Crippen LogP contribution >= 0.6 is 0 Å². The van der Waals surface area contributed by atoms with Crippen LogP contribution in [0.15, 0.2) is 34.2 Å². The van der Waals surface area contributed by atoms with Crippen LogP contribution in [0.25, 0.3) is 0 Å². The summed E-state index contributed by atoms with van der Waals surface area (Å²) >= 11 is 0. The van der Waals surface area contributed by atoms with Crippen molar-refractivity contribution < 1.29 is 8.42 Å². The first-order valence-electron chi connectivity index (χ1n) is 7.06. The molecule has 0 fully saturated rings. The topological polar surface area (TPSA) is 70.6 Å². The number of nitrogens with one attached hydrogen (secondary N) is 2. The summed E-state index contributed by atoms with van der Waals surface area (Å²) in [6, 6.07) is 7.00. The Labute approximate surface area is 127 Å². The predicted octanol–water partition coefficient (Wildman–Crippen LogP) is 1.45. The summed E-state index contributed by atoms with van der Waals surface area (Å²) in [5.41, 5.74) is 1.09. The van der Waals surface area contributed by atoms with Gasteiger partial charge in [-0.3, -0.25) is 4.99 Å². The zero-order chi connectivity index (χ0) is 15.9. The van der Waals surface area contributed by atoms with Crippen LogP contribution in [0.1, 0.15) is 19.4 Å². The lowest BCUT2D eigenvalue weighted by molar-refractivity contribution is 0.602. The smallest absolute Gasteiger partial charge is 0.190 e. The molecule has 0 aliphatic carbocycles. The molecule has 21 heavy (non-hydrogen) atoms. The molecule has 6 heteroatoms. The van der Waals surface area contributed by atoms with Crippen molar-refractivity contribution in [3.8, 4) is 0 Å². The largest absolute Gasteiger partial charge is 0.356 e. The van der Waals surface area contributed by atoms with Gasteiger partial charge in [0.2, 0.25) is 0 Å². The second kappa shape index (κ2) is 8.02. The standard InChI is InChI=1S/C15H25N3O2S/c1-12(2)11-18-15(16-3)17-10-9-13-5-7-14(8-6-13)21(4,19)20/h5-8,12H,9-11H2,1-4H3,(H2,16,17,18). The van der Waals surface area contributed by atoms with E-state index in [1.165, 1.54) is 6.26 Å². The number of guanidine groups is 1. The van der Waals surface area contributed by atoms with Crippen LogP contribution < -0.4 is 10.6 Å². The first-order chi connectivity index (χ1) is 9.82. The van der Waals surface area contributed by atoms with Crippen molar-refractivity contribution in [3.63, 3.8) is 0 Å². The number of nitrogens with zero attached hydrogens (tertiary/aromatic N) is 1. The molecule has 0 saturated carbocycles. The van der Waals surface area contributed by atoms with E-state index in [-0.39, 0.29) is 0 Å². The summed E-state index contributed by atoms with van der Waals surface area (Å²) in [5, 5.41) is 6.48. The molecule has 0 aliphatic rings. The third-order valence-electron chi connectivity index (χ3n) is 2.96. The first kappa shape index (κ1) is 17.5. The van der Waals surface area contributed by atoms with Gasteiger partial charge < -0.3 is 10.6 Å². The maximum atomic E-state index is 11.4. The molecular formula is C15H25N3O2S. The second-order valence-corrected chi connectivity index (χ2v) is 7.46. The van der Waals surface area contributed by atoms with Crippen LogP contribution in [0.5, 0.6) is 0 Å². The third-order valence-corrected chi connectivity index (χ3v) is 4.09. The third kappa shape index (κ3) is 6.62. The predicted molar refractivity (Wildman–Crippen MR) is 87.5 cm³/mol. The van der Waals surface area contributed by atoms with Gasteiger partial charge in [-0.25, -0.2) is 8.42 Å². The highest BCUT2D eigenvalue weighted by atomic mass is 32.2. The molecule has 0 spiro atoms. The van der Waals surface area contributed by atoms with Crippen LogP contribution in [-0.4, -0.2) is 40.8 Å². The summed E-state index contributed by atoms with van der Waals surface area (Å²) in [4.78, 5) is 4.51. The summed E-state index contributed by atoms with van der Waals surface area (Å²) in [6.45, 7) is 5.91. The normalized spacial score (nSPS) is 12.5. The molecule has 5 nitrogen and oxygen atoms in total. The average molecular weight is 311 g/mol. The van der Waals surface area contributed by atoms with Gasteiger partial charge in [0.1, 0.15) is 0 Å². The molecule has 0 bridgehead atoms. The summed E-state index contributed by atoms with van der Waals surface area (Å²) in [5.74, 6) is 1.35. The van der Waals surface area contributed by atoms with E-state index in [1.54, 1.807) is 19.2 Å². The zero-order valence-electron chi connectivity index (χ0n) is 13.2. The molecule has 0 amide bonds. The Morgan fingerprint density at radius 1 is 1.19 bits per heavy atom. The van der Waals surface area contributed by atoms with E-state index in [4.69, 9.17) is 0 Å². The van der Waals surface area contributed by atoms with E-state index in [0.717, 1.165) is 31.0 Å². The molecule has 1 aromatic carbocycles. The molecule has 0 atom stereocenters. The second-order valence-electron chi connectivity index (χ2n) is 5.44. The van der Waals surface area contributed by atoms with Crippen molar-refractivity contribution >= 4 is 15.8 Å². The molecule has 0 heterocycles. The van der Waals surface area contributed by atoms with E-state index in [1.807, 2.05) is 12.1 Å². The minimum Gasteiger partial charge on any atom is -0.356 e. The van der Waals surface area contributed by atoms with Crippen LogP contribution in [-0.2, 0) is 16.3 Å². The molecule has 118 valence electrons. The van der Waals surface area contributed by atoms with Crippen LogP contribution in [0, 0.1) is 5.92 Å². The summed E-state index contributed by atoms with van der Waals surface area (Å²) in [7, 11) is -1.37. The number of aliphatic imine (C=N–C) groups is 1. The number of rotatable bonds is 6. The molecule has 1 rings (SSSR count). The molecule has 2 N–H and O–H groups in total. The highest BCUT2D eigenvalue weighted by molar-refractivity contribution is 7.90. The van der Waals surface area contributed by atoms with Gasteiger partial charge in [-0.05, 0) is 30.0 Å². The van der Waals surface area contributed by atoms with Crippen LogP contribution in [0.3, 0.4) is 0 Å². The fraction of sp³-hybridized carbons (Fsp3) is 0.533. The maximum Gasteiger partial charge on any atom is 0.190 e. The quantitative estimate of drug-likeness (QED) is 0.616. The fourth-order valence-corrected chi connectivity index (χ4v) is 2.38. The molecular weight excluding hydrogens is 286 g/mol. The van der Waals surface area contributed by atoms with Crippen molar-refractivity contribution in [2.75, 3.05) is 26.4 Å².